The molecule has 2 bridgehead atoms. The van der Waals surface area contributed by atoms with E-state index in [4.69, 9.17) is 4.74 Å². The Balaban J connectivity index is 2.21. The minimum Gasteiger partial charge on any atom is -0.359 e. The normalized spacial score (nSPS) is 19.7. The Kier molecular flexibility index (Phi) is 3.33. The van der Waals surface area contributed by atoms with Gasteiger partial charge in [-0.25, -0.2) is 0 Å². The van der Waals surface area contributed by atoms with Crippen LogP contribution in [0.2, 0.25) is 0 Å². The van der Waals surface area contributed by atoms with Gasteiger partial charge in [-0.05, 0) is 11.1 Å². The second-order valence-electron chi connectivity index (χ2n) is 3.74. The van der Waals surface area contributed by atoms with Gasteiger partial charge >= 0.3 is 6.18 Å². The zero-order valence-corrected chi connectivity index (χ0v) is 8.95. The van der Waals surface area contributed by atoms with Gasteiger partial charge in [-0.2, -0.15) is 13.2 Å². The predicted octanol–water partition coefficient (Wildman–Crippen LogP) is 3.48. The first kappa shape index (κ1) is 11.9. The average molecular weight is 240 g/mol. The van der Waals surface area contributed by atoms with Crippen LogP contribution in [-0.2, 0) is 4.74 Å². The number of allylic oxidation sites excluding steroid dienone is 6. The van der Waals surface area contributed by atoms with Gasteiger partial charge in [-0.1, -0.05) is 48.6 Å². The molecule has 0 atom stereocenters. The molecule has 0 aromatic carbocycles. The van der Waals surface area contributed by atoms with E-state index < -0.39 is 18.9 Å². The van der Waals surface area contributed by atoms with Crippen molar-refractivity contribution in [2.24, 2.45) is 0 Å². The number of hydrogen-bond donors (Lipinski definition) is 0. The van der Waals surface area contributed by atoms with Crippen LogP contribution in [0.4, 0.5) is 13.2 Å². The minimum atomic E-state index is -4.31. The van der Waals surface area contributed by atoms with E-state index in [0.717, 1.165) is 11.1 Å². The number of alkyl halides is 3. The molecule has 0 radical (unpaired) electrons. The highest BCUT2D eigenvalue weighted by Gasteiger charge is 2.31. The first-order valence-electron chi connectivity index (χ1n) is 5.18. The number of fused-ring (bicyclic) bond motifs is 2. The summed E-state index contributed by atoms with van der Waals surface area (Å²) in [5.41, 5.74) is 1.44. The number of halogens is 3. The summed E-state index contributed by atoms with van der Waals surface area (Å²) in [4.78, 5) is 0. The Bertz CT molecular complexity index is 404. The quantitative estimate of drug-likeness (QED) is 0.718. The van der Waals surface area contributed by atoms with E-state index in [2.05, 4.69) is 0 Å². The first-order chi connectivity index (χ1) is 8.06. The fourth-order valence-electron chi connectivity index (χ4n) is 1.69. The van der Waals surface area contributed by atoms with Crippen molar-refractivity contribution in [1.29, 1.82) is 0 Å². The summed E-state index contributed by atoms with van der Waals surface area (Å²) in [6.07, 6.45) is 9.22. The Morgan fingerprint density at radius 3 is 1.94 bits per heavy atom. The summed E-state index contributed by atoms with van der Waals surface area (Å²) in [7, 11) is 0. The Morgan fingerprint density at radius 1 is 0.941 bits per heavy atom. The molecule has 1 nitrogen and oxygen atoms in total. The number of ether oxygens (including phenoxy) is 1. The highest BCUT2D eigenvalue weighted by molar-refractivity contribution is 5.47. The maximum absolute atomic E-state index is 12.2. The van der Waals surface area contributed by atoms with Crippen molar-refractivity contribution < 1.29 is 17.9 Å². The van der Waals surface area contributed by atoms with Gasteiger partial charge in [0.15, 0.2) is 0 Å². The zero-order valence-electron chi connectivity index (χ0n) is 8.95. The molecule has 0 saturated carbocycles. The van der Waals surface area contributed by atoms with Crippen molar-refractivity contribution in [3.8, 4) is 0 Å². The zero-order chi connectivity index (χ0) is 12.3. The van der Waals surface area contributed by atoms with Crippen molar-refractivity contribution in [3.05, 3.63) is 59.8 Å². The van der Waals surface area contributed by atoms with Crippen molar-refractivity contribution in [2.45, 2.75) is 12.3 Å². The summed E-state index contributed by atoms with van der Waals surface area (Å²) >= 11 is 0. The Hall–Kier alpha value is -1.55. The molecular formula is C13H11F3O. The molecule has 17 heavy (non-hydrogen) atoms. The molecule has 0 fully saturated rings. The van der Waals surface area contributed by atoms with Crippen molar-refractivity contribution in [2.75, 3.05) is 6.61 Å². The van der Waals surface area contributed by atoms with E-state index >= 15 is 0 Å². The molecular weight excluding hydrogens is 229 g/mol. The van der Waals surface area contributed by atoms with Crippen LogP contribution >= 0.6 is 0 Å². The summed E-state index contributed by atoms with van der Waals surface area (Å²) in [6, 6.07) is 0. The van der Waals surface area contributed by atoms with Gasteiger partial charge in [-0.15, -0.1) is 0 Å². The molecule has 0 aliphatic heterocycles. The molecule has 4 heteroatoms. The molecule has 0 amide bonds. The highest BCUT2D eigenvalue weighted by Crippen LogP contribution is 2.26. The van der Waals surface area contributed by atoms with E-state index in [9.17, 15) is 13.2 Å². The van der Waals surface area contributed by atoms with Gasteiger partial charge in [0.25, 0.3) is 0 Å². The molecule has 0 spiro atoms. The fraction of sp³-hybridized carbons (Fsp3) is 0.231. The summed E-state index contributed by atoms with van der Waals surface area (Å²) in [6.45, 7) is -1.24. The number of rotatable bonds is 2. The molecule has 90 valence electrons. The first-order valence-corrected chi connectivity index (χ1v) is 5.18. The van der Waals surface area contributed by atoms with E-state index in [1.807, 2.05) is 0 Å². The van der Waals surface area contributed by atoms with Crippen molar-refractivity contribution in [1.82, 2.24) is 0 Å². The second-order valence-corrected chi connectivity index (χ2v) is 3.74. The SMILES string of the molecule is FC(F)(F)COC1C2=CC=CC=C1C=CC=C2. The van der Waals surface area contributed by atoms with E-state index in [1.165, 1.54) is 0 Å². The van der Waals surface area contributed by atoms with Crippen LogP contribution in [0.5, 0.6) is 0 Å². The smallest absolute Gasteiger partial charge is 0.359 e. The lowest BCUT2D eigenvalue weighted by molar-refractivity contribution is -0.178. The van der Waals surface area contributed by atoms with Gasteiger partial charge in [0.2, 0.25) is 0 Å². The van der Waals surface area contributed by atoms with Crippen LogP contribution in [0.15, 0.2) is 59.8 Å². The van der Waals surface area contributed by atoms with Crippen LogP contribution in [0.3, 0.4) is 0 Å². The van der Waals surface area contributed by atoms with Gasteiger partial charge < -0.3 is 4.74 Å². The molecule has 0 saturated heterocycles. The largest absolute Gasteiger partial charge is 0.411 e. The Labute approximate surface area is 97.3 Å². The Morgan fingerprint density at radius 2 is 1.47 bits per heavy atom. The molecule has 2 aliphatic carbocycles. The van der Waals surface area contributed by atoms with Gasteiger partial charge in [0, 0.05) is 0 Å². The third-order valence-electron chi connectivity index (χ3n) is 2.40. The maximum Gasteiger partial charge on any atom is 0.411 e. The standard InChI is InChI=1S/C13H11F3O/c14-13(15,16)9-17-12-10-5-1-2-6-11(12)8-4-3-7-10/h1-8,12H,9H2. The van der Waals surface area contributed by atoms with Crippen LogP contribution in [0.25, 0.3) is 0 Å². The van der Waals surface area contributed by atoms with E-state index in [1.54, 1.807) is 48.6 Å². The maximum atomic E-state index is 12.2. The van der Waals surface area contributed by atoms with Crippen LogP contribution in [0.1, 0.15) is 0 Å². The molecule has 0 N–H and O–H groups in total. The van der Waals surface area contributed by atoms with Gasteiger partial charge in [-0.3, -0.25) is 0 Å². The number of hydrogen-bond acceptors (Lipinski definition) is 1. The fourth-order valence-corrected chi connectivity index (χ4v) is 1.69. The molecule has 0 aromatic rings. The summed E-state index contributed by atoms with van der Waals surface area (Å²) < 4.78 is 41.5. The second kappa shape index (κ2) is 4.75. The third kappa shape index (κ3) is 3.20. The third-order valence-corrected chi connectivity index (χ3v) is 2.40. The van der Waals surface area contributed by atoms with Crippen molar-refractivity contribution >= 4 is 0 Å². The summed E-state index contributed by atoms with van der Waals surface area (Å²) in [5.74, 6) is 0. The van der Waals surface area contributed by atoms with Crippen LogP contribution < -0.4 is 0 Å². The van der Waals surface area contributed by atoms with Gasteiger partial charge in [0.1, 0.15) is 12.7 Å². The molecule has 2 aliphatic rings. The monoisotopic (exact) mass is 240 g/mol. The lowest BCUT2D eigenvalue weighted by Gasteiger charge is -2.19. The van der Waals surface area contributed by atoms with Gasteiger partial charge in [0.05, 0.1) is 0 Å². The lowest BCUT2D eigenvalue weighted by atomic mass is 10.0. The molecule has 2 rings (SSSR count). The van der Waals surface area contributed by atoms with Crippen LogP contribution in [0, 0.1) is 0 Å². The topological polar surface area (TPSA) is 9.23 Å². The van der Waals surface area contributed by atoms with Crippen LogP contribution in [-0.4, -0.2) is 18.9 Å². The average Bonchev–Trinajstić information content (AvgIpc) is 2.56. The van der Waals surface area contributed by atoms with Crippen molar-refractivity contribution in [3.63, 3.8) is 0 Å². The highest BCUT2D eigenvalue weighted by atomic mass is 19.4. The van der Waals surface area contributed by atoms with E-state index in [0.29, 0.717) is 0 Å². The summed E-state index contributed by atoms with van der Waals surface area (Å²) in [5, 5.41) is 0. The van der Waals surface area contributed by atoms with E-state index in [-0.39, 0.29) is 0 Å². The minimum absolute atomic E-state index is 0.651. The molecule has 0 heterocycles. The molecule has 0 unspecified atom stereocenters. The predicted molar refractivity (Wildman–Crippen MR) is 59.4 cm³/mol. The lowest BCUT2D eigenvalue weighted by Crippen LogP contribution is -2.25. The molecule has 0 aromatic heterocycles.